The average molecular weight is 317 g/mol. The number of nitrogens with zero attached hydrogens (tertiary/aromatic N) is 1. The van der Waals surface area contributed by atoms with Gasteiger partial charge in [-0.1, -0.05) is 12.1 Å². The van der Waals surface area contributed by atoms with Crippen LogP contribution in [0.4, 0.5) is 5.69 Å². The molecule has 2 aliphatic rings. The lowest BCUT2D eigenvalue weighted by molar-refractivity contribution is -0.135. The summed E-state index contributed by atoms with van der Waals surface area (Å²) in [6, 6.07) is 6.14. The number of carbonyl (C=O) groups excluding carboxylic acids is 3. The van der Waals surface area contributed by atoms with Gasteiger partial charge in [0.15, 0.2) is 0 Å². The molecule has 0 bridgehead atoms. The van der Waals surface area contributed by atoms with Gasteiger partial charge in [-0.2, -0.15) is 0 Å². The van der Waals surface area contributed by atoms with E-state index >= 15 is 0 Å². The molecular formula is C16H19N3O4. The van der Waals surface area contributed by atoms with Crippen LogP contribution in [0.1, 0.15) is 23.2 Å². The Bertz CT molecular complexity index is 626. The highest BCUT2D eigenvalue weighted by Crippen LogP contribution is 2.19. The molecule has 0 aliphatic carbocycles. The Morgan fingerprint density at radius 2 is 1.96 bits per heavy atom. The third kappa shape index (κ3) is 3.50. The van der Waals surface area contributed by atoms with E-state index < -0.39 is 6.04 Å². The van der Waals surface area contributed by atoms with Gasteiger partial charge in [0.25, 0.3) is 5.91 Å². The Hall–Kier alpha value is -2.41. The number of rotatable bonds is 3. The lowest BCUT2D eigenvalue weighted by atomic mass is 10.1. The molecule has 2 N–H and O–H groups in total. The fourth-order valence-electron chi connectivity index (χ4n) is 2.75. The number of benzene rings is 1. The lowest BCUT2D eigenvalue weighted by Crippen LogP contribution is -2.44. The number of amides is 3. The second kappa shape index (κ2) is 6.78. The maximum atomic E-state index is 12.2. The number of morpholine rings is 1. The summed E-state index contributed by atoms with van der Waals surface area (Å²) in [4.78, 5) is 38.3. The molecule has 23 heavy (non-hydrogen) atoms. The molecule has 7 heteroatoms. The summed E-state index contributed by atoms with van der Waals surface area (Å²) in [7, 11) is 0. The van der Waals surface area contributed by atoms with Gasteiger partial charge in [-0.15, -0.1) is 0 Å². The largest absolute Gasteiger partial charge is 0.378 e. The second-order valence-electron chi connectivity index (χ2n) is 5.59. The van der Waals surface area contributed by atoms with Crippen LogP contribution in [-0.4, -0.2) is 55.0 Å². The lowest BCUT2D eigenvalue weighted by Gasteiger charge is -2.27. The van der Waals surface area contributed by atoms with Crippen LogP contribution < -0.4 is 10.6 Å². The van der Waals surface area contributed by atoms with E-state index in [1.54, 1.807) is 29.2 Å². The molecule has 1 unspecified atom stereocenters. The quantitative estimate of drug-likeness (QED) is 0.843. The minimum absolute atomic E-state index is 0.0166. The Kier molecular flexibility index (Phi) is 4.57. The first-order chi connectivity index (χ1) is 11.1. The summed E-state index contributed by atoms with van der Waals surface area (Å²) < 4.78 is 5.21. The highest BCUT2D eigenvalue weighted by molar-refractivity contribution is 6.09. The van der Waals surface area contributed by atoms with Crippen molar-refractivity contribution in [3.05, 3.63) is 29.8 Å². The van der Waals surface area contributed by atoms with Crippen LogP contribution in [0, 0.1) is 0 Å². The molecule has 7 nitrogen and oxygen atoms in total. The molecule has 2 heterocycles. The van der Waals surface area contributed by atoms with Crippen molar-refractivity contribution in [1.29, 1.82) is 0 Å². The second-order valence-corrected chi connectivity index (χ2v) is 5.59. The molecule has 1 aromatic carbocycles. The normalized spacial score (nSPS) is 21.0. The van der Waals surface area contributed by atoms with E-state index in [0.717, 1.165) is 0 Å². The van der Waals surface area contributed by atoms with Gasteiger partial charge in [-0.05, 0) is 18.6 Å². The van der Waals surface area contributed by atoms with Gasteiger partial charge >= 0.3 is 0 Å². The van der Waals surface area contributed by atoms with Gasteiger partial charge in [-0.25, -0.2) is 0 Å². The summed E-state index contributed by atoms with van der Waals surface area (Å²) >= 11 is 0. The number of ether oxygens (including phenoxy) is 1. The Labute approximate surface area is 134 Å². The predicted octanol–water partition coefficient (Wildman–Crippen LogP) is 0.376. The van der Waals surface area contributed by atoms with Gasteiger partial charge in [-0.3, -0.25) is 14.4 Å². The molecule has 0 saturated carbocycles. The van der Waals surface area contributed by atoms with Crippen LogP contribution in [0.3, 0.4) is 0 Å². The third-order valence-electron chi connectivity index (χ3n) is 4.06. The zero-order valence-electron chi connectivity index (χ0n) is 12.7. The molecule has 122 valence electrons. The first-order valence-corrected chi connectivity index (χ1v) is 7.71. The van der Waals surface area contributed by atoms with Crippen LogP contribution in [0.5, 0.6) is 0 Å². The fraction of sp³-hybridized carbons (Fsp3) is 0.438. The van der Waals surface area contributed by atoms with Crippen LogP contribution in [0.2, 0.25) is 0 Å². The van der Waals surface area contributed by atoms with Crippen molar-refractivity contribution in [3.63, 3.8) is 0 Å². The molecule has 2 aliphatic heterocycles. The molecular weight excluding hydrogens is 298 g/mol. The maximum Gasteiger partial charge on any atom is 0.254 e. The number of hydrogen-bond acceptors (Lipinski definition) is 4. The van der Waals surface area contributed by atoms with Crippen molar-refractivity contribution in [2.24, 2.45) is 0 Å². The molecule has 0 spiro atoms. The van der Waals surface area contributed by atoms with Crippen molar-refractivity contribution in [3.8, 4) is 0 Å². The standard InChI is InChI=1S/C16H19N3O4/c20-14(19-7-9-23-10-8-19)6-5-13-16(22)17-12-4-2-1-3-11(12)15(21)18-13/h1-4,13H,5-10H2,(H,17,22)(H,18,21). The molecule has 1 fully saturated rings. The molecule has 1 atom stereocenters. The minimum atomic E-state index is -0.708. The van der Waals surface area contributed by atoms with Crippen LogP contribution in [-0.2, 0) is 14.3 Å². The summed E-state index contributed by atoms with van der Waals surface area (Å²) in [5.41, 5.74) is 0.930. The van der Waals surface area contributed by atoms with Gasteiger partial charge < -0.3 is 20.3 Å². The fourth-order valence-corrected chi connectivity index (χ4v) is 2.75. The number of carbonyl (C=O) groups is 3. The Morgan fingerprint density at radius 1 is 1.22 bits per heavy atom. The molecule has 1 saturated heterocycles. The van der Waals surface area contributed by atoms with Gasteiger partial charge in [0.2, 0.25) is 11.8 Å². The molecule has 0 radical (unpaired) electrons. The van der Waals surface area contributed by atoms with E-state index in [4.69, 9.17) is 4.74 Å². The van der Waals surface area contributed by atoms with Crippen molar-refractivity contribution in [1.82, 2.24) is 10.2 Å². The van der Waals surface area contributed by atoms with Gasteiger partial charge in [0, 0.05) is 19.5 Å². The molecule has 3 rings (SSSR count). The third-order valence-corrected chi connectivity index (χ3v) is 4.06. The topological polar surface area (TPSA) is 87.7 Å². The SMILES string of the molecule is O=C1NC(CCC(=O)N2CCOCC2)C(=O)Nc2ccccc21. The zero-order valence-corrected chi connectivity index (χ0v) is 12.7. The van der Waals surface area contributed by atoms with E-state index in [9.17, 15) is 14.4 Å². The van der Waals surface area contributed by atoms with Crippen molar-refractivity contribution in [2.75, 3.05) is 31.6 Å². The van der Waals surface area contributed by atoms with E-state index in [0.29, 0.717) is 37.6 Å². The highest BCUT2D eigenvalue weighted by atomic mass is 16.5. The first-order valence-electron chi connectivity index (χ1n) is 7.71. The van der Waals surface area contributed by atoms with Crippen LogP contribution >= 0.6 is 0 Å². The molecule has 1 aromatic rings. The molecule has 3 amide bonds. The number of para-hydroxylation sites is 1. The predicted molar refractivity (Wildman–Crippen MR) is 83.0 cm³/mol. The highest BCUT2D eigenvalue weighted by Gasteiger charge is 2.28. The van der Waals surface area contributed by atoms with Crippen molar-refractivity contribution < 1.29 is 19.1 Å². The van der Waals surface area contributed by atoms with Crippen LogP contribution in [0.15, 0.2) is 24.3 Å². The smallest absolute Gasteiger partial charge is 0.254 e. The van der Waals surface area contributed by atoms with Crippen molar-refractivity contribution >= 4 is 23.4 Å². The average Bonchev–Trinajstić information content (AvgIpc) is 2.70. The minimum Gasteiger partial charge on any atom is -0.378 e. The van der Waals surface area contributed by atoms with Gasteiger partial charge in [0.05, 0.1) is 24.5 Å². The Balaban J connectivity index is 1.61. The number of hydrogen-bond donors (Lipinski definition) is 2. The first kappa shape index (κ1) is 15.5. The van der Waals surface area contributed by atoms with E-state index in [2.05, 4.69) is 10.6 Å². The van der Waals surface area contributed by atoms with E-state index in [1.807, 2.05) is 0 Å². The van der Waals surface area contributed by atoms with Gasteiger partial charge in [0.1, 0.15) is 6.04 Å². The van der Waals surface area contributed by atoms with Crippen LogP contribution in [0.25, 0.3) is 0 Å². The van der Waals surface area contributed by atoms with E-state index in [1.165, 1.54) is 0 Å². The number of fused-ring (bicyclic) bond motifs is 1. The summed E-state index contributed by atoms with van der Waals surface area (Å²) in [6.45, 7) is 2.24. The molecule has 0 aromatic heterocycles. The van der Waals surface area contributed by atoms with E-state index in [-0.39, 0.29) is 30.6 Å². The Morgan fingerprint density at radius 3 is 2.74 bits per heavy atom. The number of nitrogens with one attached hydrogen (secondary N) is 2. The summed E-state index contributed by atoms with van der Waals surface area (Å²) in [5.74, 6) is -0.613. The monoisotopic (exact) mass is 317 g/mol. The number of anilines is 1. The maximum absolute atomic E-state index is 12.2. The summed E-state index contributed by atoms with van der Waals surface area (Å²) in [6.07, 6.45) is 0.496. The van der Waals surface area contributed by atoms with Crippen molar-refractivity contribution in [2.45, 2.75) is 18.9 Å². The zero-order chi connectivity index (χ0) is 16.2. The summed E-state index contributed by atoms with van der Waals surface area (Å²) in [5, 5.41) is 5.44.